The lowest BCUT2D eigenvalue weighted by Gasteiger charge is -2.51. The molecular weight excluding hydrogens is 400 g/mol. The molecule has 2 fully saturated rings. The molecule has 0 aromatic heterocycles. The third-order valence-electron chi connectivity index (χ3n) is 5.98. The Hall–Kier alpha value is -2.45. The van der Waals surface area contributed by atoms with Gasteiger partial charge in [0.05, 0.1) is 13.1 Å². The second-order valence-electron chi connectivity index (χ2n) is 8.07. The highest BCUT2D eigenvalue weighted by atomic mass is 19.2. The predicted octanol–water partition coefficient (Wildman–Crippen LogP) is 3.16. The van der Waals surface area contributed by atoms with E-state index >= 15 is 0 Å². The van der Waals surface area contributed by atoms with Crippen molar-refractivity contribution in [3.8, 4) is 0 Å². The van der Waals surface area contributed by atoms with Gasteiger partial charge >= 0.3 is 0 Å². The van der Waals surface area contributed by atoms with Crippen LogP contribution in [-0.4, -0.2) is 47.2 Å². The van der Waals surface area contributed by atoms with Crippen LogP contribution in [0.5, 0.6) is 0 Å². The number of hydrogen-bond acceptors (Lipinski definition) is 3. The molecule has 4 rings (SSSR count). The van der Waals surface area contributed by atoms with Crippen LogP contribution >= 0.6 is 0 Å². The summed E-state index contributed by atoms with van der Waals surface area (Å²) in [6, 6.07) is 4.70. The van der Waals surface area contributed by atoms with Crippen molar-refractivity contribution < 1.29 is 27.5 Å². The number of nitrogens with one attached hydrogen (secondary N) is 1. The summed E-state index contributed by atoms with van der Waals surface area (Å²) in [7, 11) is 0. The number of carbonyl (C=O) groups excluding carboxylic acids is 1. The number of aliphatic hydroxyl groups is 1. The van der Waals surface area contributed by atoms with Crippen LogP contribution in [0.3, 0.4) is 0 Å². The second-order valence-corrected chi connectivity index (χ2v) is 8.07. The number of rotatable bonds is 4. The summed E-state index contributed by atoms with van der Waals surface area (Å²) in [5.41, 5.74) is -1.51. The third kappa shape index (κ3) is 3.81. The molecule has 2 heterocycles. The number of likely N-dealkylation sites (tertiary alicyclic amines) is 1. The highest BCUT2D eigenvalue weighted by Gasteiger charge is 2.49. The van der Waals surface area contributed by atoms with Gasteiger partial charge in [-0.3, -0.25) is 4.79 Å². The van der Waals surface area contributed by atoms with Crippen molar-refractivity contribution in [2.75, 3.05) is 19.6 Å². The molecule has 0 unspecified atom stereocenters. The summed E-state index contributed by atoms with van der Waals surface area (Å²) in [6.07, 6.45) is 2.43. The summed E-state index contributed by atoms with van der Waals surface area (Å²) >= 11 is 0. The van der Waals surface area contributed by atoms with E-state index in [2.05, 4.69) is 5.32 Å². The Bertz CT molecular complexity index is 970. The average molecular weight is 422 g/mol. The van der Waals surface area contributed by atoms with Crippen molar-refractivity contribution in [3.05, 3.63) is 70.3 Å². The van der Waals surface area contributed by atoms with E-state index in [1.807, 2.05) is 0 Å². The molecule has 0 radical (unpaired) electrons. The molecule has 2 aliphatic rings. The number of amides is 1. The minimum absolute atomic E-state index is 0.0542. The average Bonchev–Trinajstić information content (AvgIpc) is 2.71. The van der Waals surface area contributed by atoms with E-state index in [1.165, 1.54) is 4.90 Å². The molecule has 160 valence electrons. The van der Waals surface area contributed by atoms with Crippen molar-refractivity contribution in [2.24, 2.45) is 0 Å². The Morgan fingerprint density at radius 2 is 1.87 bits per heavy atom. The minimum atomic E-state index is -1.24. The summed E-state index contributed by atoms with van der Waals surface area (Å²) < 4.78 is 55.6. The highest BCUT2D eigenvalue weighted by molar-refractivity contribution is 5.96. The maximum Gasteiger partial charge on any atom is 0.254 e. The van der Waals surface area contributed by atoms with E-state index in [-0.39, 0.29) is 35.8 Å². The molecule has 0 saturated carbocycles. The van der Waals surface area contributed by atoms with Gasteiger partial charge in [0.15, 0.2) is 11.6 Å². The van der Waals surface area contributed by atoms with Gasteiger partial charge < -0.3 is 15.3 Å². The van der Waals surface area contributed by atoms with E-state index < -0.39 is 41.2 Å². The molecule has 0 aliphatic carbocycles. The fourth-order valence-electron chi connectivity index (χ4n) is 4.28. The molecule has 1 atom stereocenters. The maximum absolute atomic E-state index is 14.5. The molecule has 2 aliphatic heterocycles. The Labute approximate surface area is 171 Å². The quantitative estimate of drug-likeness (QED) is 0.745. The Kier molecular flexibility index (Phi) is 5.55. The first-order chi connectivity index (χ1) is 14.3. The standard InChI is InChI=1S/C22H22F4N2O2/c23-14-5-4-13(18(25)10-14)9-16-15(6-7-17(24)20(16)26)21(29)28-11-22(30,12-28)19-3-1-2-8-27-19/h4-7,10,19,27,30H,1-3,8-9,11-12H2/t19-/m0/s1. The molecule has 30 heavy (non-hydrogen) atoms. The number of piperidine rings is 1. The van der Waals surface area contributed by atoms with Crippen LogP contribution in [0.2, 0.25) is 0 Å². The topological polar surface area (TPSA) is 52.6 Å². The number of β-amino-alcohol motifs (C(OH)–C–C–N with tert-alkyl or cyclic N) is 1. The fraction of sp³-hybridized carbons (Fsp3) is 0.409. The molecule has 2 saturated heterocycles. The lowest BCUT2D eigenvalue weighted by Crippen LogP contribution is -2.72. The SMILES string of the molecule is O=C(c1ccc(F)c(F)c1Cc1ccc(F)cc1F)N1CC(O)([C@@H]2CCCCN2)C1. The fourth-order valence-corrected chi connectivity index (χ4v) is 4.28. The largest absolute Gasteiger partial charge is 0.385 e. The van der Waals surface area contributed by atoms with Gasteiger partial charge in [-0.1, -0.05) is 12.5 Å². The maximum atomic E-state index is 14.5. The number of halogens is 4. The van der Waals surface area contributed by atoms with Crippen LogP contribution in [0, 0.1) is 23.3 Å². The lowest BCUT2D eigenvalue weighted by atomic mass is 9.81. The lowest BCUT2D eigenvalue weighted by molar-refractivity contribution is -0.108. The van der Waals surface area contributed by atoms with Crippen LogP contribution < -0.4 is 5.32 Å². The molecule has 2 N–H and O–H groups in total. The van der Waals surface area contributed by atoms with Crippen LogP contribution in [0.25, 0.3) is 0 Å². The number of nitrogens with zero attached hydrogens (tertiary/aromatic N) is 1. The molecule has 1 amide bonds. The van der Waals surface area contributed by atoms with Crippen LogP contribution in [0.1, 0.15) is 40.7 Å². The number of hydrogen-bond donors (Lipinski definition) is 2. The molecule has 2 aromatic carbocycles. The van der Waals surface area contributed by atoms with Crippen molar-refractivity contribution in [3.63, 3.8) is 0 Å². The van der Waals surface area contributed by atoms with Gasteiger partial charge in [-0.25, -0.2) is 17.6 Å². The molecule has 2 aromatic rings. The summed E-state index contributed by atoms with van der Waals surface area (Å²) in [5.74, 6) is -4.65. The summed E-state index contributed by atoms with van der Waals surface area (Å²) in [4.78, 5) is 14.3. The van der Waals surface area contributed by atoms with Gasteiger partial charge in [-0.05, 0) is 43.1 Å². The van der Waals surface area contributed by atoms with E-state index in [0.717, 1.165) is 50.1 Å². The number of carbonyl (C=O) groups is 1. The smallest absolute Gasteiger partial charge is 0.254 e. The first-order valence-corrected chi connectivity index (χ1v) is 9.94. The summed E-state index contributed by atoms with van der Waals surface area (Å²) in [6.45, 7) is 0.956. The Balaban J connectivity index is 1.57. The number of benzene rings is 2. The molecule has 8 heteroatoms. The van der Waals surface area contributed by atoms with Crippen molar-refractivity contribution in [1.29, 1.82) is 0 Å². The van der Waals surface area contributed by atoms with Gasteiger partial charge in [0.25, 0.3) is 5.91 Å². The van der Waals surface area contributed by atoms with E-state index in [9.17, 15) is 27.5 Å². The van der Waals surface area contributed by atoms with Gasteiger partial charge in [0.2, 0.25) is 0 Å². The van der Waals surface area contributed by atoms with Gasteiger partial charge in [0, 0.05) is 29.7 Å². The van der Waals surface area contributed by atoms with Crippen molar-refractivity contribution in [2.45, 2.75) is 37.3 Å². The molecule has 0 bridgehead atoms. The van der Waals surface area contributed by atoms with Crippen LogP contribution in [-0.2, 0) is 6.42 Å². The first-order valence-electron chi connectivity index (χ1n) is 9.94. The zero-order valence-corrected chi connectivity index (χ0v) is 16.2. The molecule has 4 nitrogen and oxygen atoms in total. The predicted molar refractivity (Wildman–Crippen MR) is 102 cm³/mol. The minimum Gasteiger partial charge on any atom is -0.385 e. The summed E-state index contributed by atoms with van der Waals surface area (Å²) in [5, 5.41) is 14.1. The van der Waals surface area contributed by atoms with Gasteiger partial charge in [-0.15, -0.1) is 0 Å². The molecule has 0 spiro atoms. The van der Waals surface area contributed by atoms with Crippen molar-refractivity contribution >= 4 is 5.91 Å². The zero-order valence-electron chi connectivity index (χ0n) is 16.2. The van der Waals surface area contributed by atoms with Crippen LogP contribution in [0.4, 0.5) is 17.6 Å². The Morgan fingerprint density at radius 3 is 2.53 bits per heavy atom. The van der Waals surface area contributed by atoms with Crippen LogP contribution in [0.15, 0.2) is 30.3 Å². The third-order valence-corrected chi connectivity index (χ3v) is 5.98. The molecular formula is C22H22F4N2O2. The van der Waals surface area contributed by atoms with Gasteiger partial charge in [0.1, 0.15) is 17.2 Å². The van der Waals surface area contributed by atoms with Crippen molar-refractivity contribution in [1.82, 2.24) is 10.2 Å². The first kappa shape index (κ1) is 20.8. The van der Waals surface area contributed by atoms with Gasteiger partial charge in [-0.2, -0.15) is 0 Å². The Morgan fingerprint density at radius 1 is 1.10 bits per heavy atom. The zero-order chi connectivity index (χ0) is 21.5. The van der Waals surface area contributed by atoms with E-state index in [1.54, 1.807) is 0 Å². The van der Waals surface area contributed by atoms with E-state index in [4.69, 9.17) is 0 Å². The normalized spacial score (nSPS) is 20.7. The monoisotopic (exact) mass is 422 g/mol. The highest BCUT2D eigenvalue weighted by Crippen LogP contribution is 2.32. The van der Waals surface area contributed by atoms with E-state index in [0.29, 0.717) is 6.07 Å². The second kappa shape index (κ2) is 8.00.